The van der Waals surface area contributed by atoms with Gasteiger partial charge in [-0.2, -0.15) is 5.10 Å². The number of aryl methyl sites for hydroxylation is 2. The number of nitrogens with two attached hydrogens (primary N) is 1. The van der Waals surface area contributed by atoms with Gasteiger partial charge in [0.1, 0.15) is 0 Å². The molecule has 0 aliphatic carbocycles. The van der Waals surface area contributed by atoms with Gasteiger partial charge in [0.05, 0.1) is 11.2 Å². The third kappa shape index (κ3) is 4.71. The molecule has 1 aromatic heterocycles. The second-order valence-corrected chi connectivity index (χ2v) is 5.55. The van der Waals surface area contributed by atoms with Crippen LogP contribution in [0, 0.1) is 0 Å². The van der Waals surface area contributed by atoms with Gasteiger partial charge in [-0.25, -0.2) is 0 Å². The summed E-state index contributed by atoms with van der Waals surface area (Å²) in [4.78, 5) is 12.2. The zero-order valence-corrected chi connectivity index (χ0v) is 14.6. The fourth-order valence-electron chi connectivity index (χ4n) is 2.60. The van der Waals surface area contributed by atoms with Crippen LogP contribution in [-0.4, -0.2) is 21.2 Å². The second kappa shape index (κ2) is 8.39. The van der Waals surface area contributed by atoms with Crippen LogP contribution in [-0.2, 0) is 31.2 Å². The first-order valence-corrected chi connectivity index (χ1v) is 7.48. The van der Waals surface area contributed by atoms with Crippen molar-refractivity contribution in [1.29, 1.82) is 0 Å². The number of nitrogens with zero attached hydrogens (tertiary/aromatic N) is 2. The van der Waals surface area contributed by atoms with Crippen molar-refractivity contribution >= 4 is 18.3 Å². The number of aromatic nitrogens is 2. The molecule has 0 aliphatic heterocycles. The maximum Gasteiger partial charge on any atom is 0.240 e. The minimum Gasteiger partial charge on any atom is -0.350 e. The zero-order chi connectivity index (χ0) is 15.3. The van der Waals surface area contributed by atoms with Crippen LogP contribution < -0.4 is 11.1 Å². The molecule has 6 heteroatoms. The Morgan fingerprint density at radius 2 is 1.95 bits per heavy atom. The molecule has 1 heterocycles. The molecule has 1 atom stereocenters. The lowest BCUT2D eigenvalue weighted by molar-refractivity contribution is -0.126. The molecule has 0 aromatic carbocycles. The first-order chi connectivity index (χ1) is 9.37. The molecule has 0 aliphatic rings. The van der Waals surface area contributed by atoms with E-state index in [-0.39, 0.29) is 18.3 Å². The molecule has 0 saturated carbocycles. The predicted molar refractivity (Wildman–Crippen MR) is 88.6 cm³/mol. The second-order valence-electron chi connectivity index (χ2n) is 5.55. The molecule has 0 saturated heterocycles. The van der Waals surface area contributed by atoms with Gasteiger partial charge in [0.15, 0.2) is 0 Å². The first-order valence-electron chi connectivity index (χ1n) is 7.48. The van der Waals surface area contributed by atoms with E-state index in [1.165, 1.54) is 5.69 Å². The lowest BCUT2D eigenvalue weighted by Crippen LogP contribution is -2.51. The molecule has 21 heavy (non-hydrogen) atoms. The zero-order valence-electron chi connectivity index (χ0n) is 13.8. The smallest absolute Gasteiger partial charge is 0.240 e. The SMILES string of the molecule is CCCC(C)(N)C(=O)NCc1c(CC)nn(C)c1CC.Cl. The average molecular weight is 317 g/mol. The highest BCUT2D eigenvalue weighted by Gasteiger charge is 2.27. The van der Waals surface area contributed by atoms with Gasteiger partial charge >= 0.3 is 0 Å². The summed E-state index contributed by atoms with van der Waals surface area (Å²) in [5, 5.41) is 7.48. The van der Waals surface area contributed by atoms with Crippen LogP contribution in [0.3, 0.4) is 0 Å². The summed E-state index contributed by atoms with van der Waals surface area (Å²) in [6.07, 6.45) is 3.36. The lowest BCUT2D eigenvalue weighted by atomic mass is 9.96. The summed E-state index contributed by atoms with van der Waals surface area (Å²) >= 11 is 0. The molecule has 5 nitrogen and oxygen atoms in total. The van der Waals surface area contributed by atoms with Crippen LogP contribution in [0.4, 0.5) is 0 Å². The molecule has 3 N–H and O–H groups in total. The highest BCUT2D eigenvalue weighted by atomic mass is 35.5. The first kappa shape index (κ1) is 19.9. The number of rotatable bonds is 7. The Kier molecular flexibility index (Phi) is 7.96. The Labute approximate surface area is 134 Å². The summed E-state index contributed by atoms with van der Waals surface area (Å²) in [7, 11) is 1.95. The van der Waals surface area contributed by atoms with Crippen LogP contribution in [0.5, 0.6) is 0 Å². The third-order valence-corrected chi connectivity index (χ3v) is 3.74. The van der Waals surface area contributed by atoms with Gasteiger partial charge in [0.25, 0.3) is 0 Å². The fraction of sp³-hybridized carbons (Fsp3) is 0.733. The lowest BCUT2D eigenvalue weighted by Gasteiger charge is -2.23. The molecule has 0 radical (unpaired) electrons. The van der Waals surface area contributed by atoms with Crippen LogP contribution in [0.15, 0.2) is 0 Å². The predicted octanol–water partition coefficient (Wildman–Crippen LogP) is 2.10. The Hall–Kier alpha value is -1.07. The van der Waals surface area contributed by atoms with E-state index >= 15 is 0 Å². The van der Waals surface area contributed by atoms with Gasteiger partial charge in [-0.3, -0.25) is 9.48 Å². The number of amides is 1. The largest absolute Gasteiger partial charge is 0.350 e. The van der Waals surface area contributed by atoms with Gasteiger partial charge in [-0.15, -0.1) is 12.4 Å². The highest BCUT2D eigenvalue weighted by Crippen LogP contribution is 2.16. The fourth-order valence-corrected chi connectivity index (χ4v) is 2.60. The van der Waals surface area contributed by atoms with Crippen molar-refractivity contribution in [2.75, 3.05) is 0 Å². The van der Waals surface area contributed by atoms with Crippen molar-refractivity contribution in [2.45, 2.75) is 65.5 Å². The van der Waals surface area contributed by atoms with E-state index in [0.29, 0.717) is 13.0 Å². The molecule has 1 rings (SSSR count). The number of halogens is 1. The van der Waals surface area contributed by atoms with Gasteiger partial charge in [-0.1, -0.05) is 27.2 Å². The van der Waals surface area contributed by atoms with Crippen molar-refractivity contribution in [2.24, 2.45) is 12.8 Å². The van der Waals surface area contributed by atoms with Crippen molar-refractivity contribution in [3.05, 3.63) is 17.0 Å². The number of carbonyl (C=O) groups is 1. The van der Waals surface area contributed by atoms with Gasteiger partial charge in [-0.05, 0) is 26.2 Å². The van der Waals surface area contributed by atoms with E-state index < -0.39 is 5.54 Å². The number of carbonyl (C=O) groups excluding carboxylic acids is 1. The summed E-state index contributed by atoms with van der Waals surface area (Å²) in [6, 6.07) is 0. The molecular formula is C15H29ClN4O. The molecule has 1 unspecified atom stereocenters. The van der Waals surface area contributed by atoms with E-state index in [1.807, 2.05) is 18.7 Å². The van der Waals surface area contributed by atoms with Crippen LogP contribution >= 0.6 is 12.4 Å². The molecular weight excluding hydrogens is 288 g/mol. The number of nitrogens with one attached hydrogen (secondary N) is 1. The maximum atomic E-state index is 12.2. The normalized spacial score (nSPS) is 13.4. The standard InChI is InChI=1S/C15H28N4O.ClH/c1-6-9-15(4,16)14(20)17-10-11-12(7-2)18-19(5)13(11)8-3;/h6-10,16H2,1-5H3,(H,17,20);1H. The van der Waals surface area contributed by atoms with E-state index in [0.717, 1.165) is 30.5 Å². The summed E-state index contributed by atoms with van der Waals surface area (Å²) in [6.45, 7) is 8.51. The Morgan fingerprint density at radius 1 is 1.33 bits per heavy atom. The molecule has 1 amide bonds. The van der Waals surface area contributed by atoms with E-state index in [4.69, 9.17) is 5.73 Å². The minimum atomic E-state index is -0.796. The third-order valence-electron chi connectivity index (χ3n) is 3.74. The monoisotopic (exact) mass is 316 g/mol. The number of hydrogen-bond donors (Lipinski definition) is 2. The molecule has 0 fully saturated rings. The summed E-state index contributed by atoms with van der Waals surface area (Å²) in [5.74, 6) is -0.0905. The van der Waals surface area contributed by atoms with Gasteiger partial charge < -0.3 is 11.1 Å². The Bertz CT molecular complexity index is 468. The van der Waals surface area contributed by atoms with Crippen LogP contribution in [0.25, 0.3) is 0 Å². The van der Waals surface area contributed by atoms with Crippen molar-refractivity contribution in [3.63, 3.8) is 0 Å². The molecule has 0 bridgehead atoms. The Balaban J connectivity index is 0.00000400. The average Bonchev–Trinajstić information content (AvgIpc) is 2.71. The highest BCUT2D eigenvalue weighted by molar-refractivity contribution is 5.85. The van der Waals surface area contributed by atoms with Crippen molar-refractivity contribution in [1.82, 2.24) is 15.1 Å². The molecule has 122 valence electrons. The van der Waals surface area contributed by atoms with Crippen LogP contribution in [0.1, 0.15) is 57.5 Å². The van der Waals surface area contributed by atoms with Crippen molar-refractivity contribution in [3.8, 4) is 0 Å². The van der Waals surface area contributed by atoms with E-state index in [2.05, 4.69) is 24.3 Å². The topological polar surface area (TPSA) is 72.9 Å². The van der Waals surface area contributed by atoms with Gasteiger partial charge in [0.2, 0.25) is 5.91 Å². The quantitative estimate of drug-likeness (QED) is 0.809. The van der Waals surface area contributed by atoms with Gasteiger partial charge in [0, 0.05) is 24.8 Å². The minimum absolute atomic E-state index is 0. The summed E-state index contributed by atoms with van der Waals surface area (Å²) in [5.41, 5.74) is 8.62. The maximum absolute atomic E-state index is 12.2. The van der Waals surface area contributed by atoms with E-state index in [9.17, 15) is 4.79 Å². The van der Waals surface area contributed by atoms with E-state index in [1.54, 1.807) is 6.92 Å². The number of hydrogen-bond acceptors (Lipinski definition) is 3. The van der Waals surface area contributed by atoms with Crippen molar-refractivity contribution < 1.29 is 4.79 Å². The molecule has 1 aromatic rings. The summed E-state index contributed by atoms with van der Waals surface area (Å²) < 4.78 is 1.91. The Morgan fingerprint density at radius 3 is 2.43 bits per heavy atom. The van der Waals surface area contributed by atoms with Crippen LogP contribution in [0.2, 0.25) is 0 Å². The molecule has 0 spiro atoms.